The normalized spacial score (nSPS) is 10.7. The molecule has 3 aromatic rings. The first kappa shape index (κ1) is 12.3. The van der Waals surface area contributed by atoms with Crippen molar-refractivity contribution in [1.29, 1.82) is 0 Å². The molecule has 0 spiro atoms. The SMILES string of the molecule is COc1ccc2c(=O)c(N)c(-c3ccccc3)oc2c1. The zero-order valence-electron chi connectivity index (χ0n) is 10.9. The molecule has 0 atom stereocenters. The molecule has 4 heteroatoms. The van der Waals surface area contributed by atoms with Crippen LogP contribution in [0.1, 0.15) is 0 Å². The Bertz CT molecular complexity index is 822. The van der Waals surface area contributed by atoms with E-state index in [1.54, 1.807) is 25.3 Å². The van der Waals surface area contributed by atoms with Crippen molar-refractivity contribution in [2.75, 3.05) is 12.8 Å². The highest BCUT2D eigenvalue weighted by molar-refractivity contribution is 5.85. The van der Waals surface area contributed by atoms with Gasteiger partial charge in [0.25, 0.3) is 0 Å². The first-order valence-corrected chi connectivity index (χ1v) is 6.16. The molecule has 0 bridgehead atoms. The fourth-order valence-electron chi connectivity index (χ4n) is 2.12. The Hall–Kier alpha value is -2.75. The van der Waals surface area contributed by atoms with Crippen LogP contribution in [0.2, 0.25) is 0 Å². The number of rotatable bonds is 2. The minimum Gasteiger partial charge on any atom is -0.497 e. The smallest absolute Gasteiger partial charge is 0.216 e. The molecular formula is C16H13NO3. The lowest BCUT2D eigenvalue weighted by atomic mass is 10.1. The van der Waals surface area contributed by atoms with Gasteiger partial charge in [-0.25, -0.2) is 0 Å². The van der Waals surface area contributed by atoms with Crippen LogP contribution in [0.3, 0.4) is 0 Å². The van der Waals surface area contributed by atoms with Gasteiger partial charge in [0.05, 0.1) is 12.5 Å². The van der Waals surface area contributed by atoms with E-state index in [0.29, 0.717) is 22.5 Å². The number of benzene rings is 2. The van der Waals surface area contributed by atoms with E-state index in [4.69, 9.17) is 14.9 Å². The van der Waals surface area contributed by atoms with Crippen LogP contribution in [0.4, 0.5) is 5.69 Å². The summed E-state index contributed by atoms with van der Waals surface area (Å²) in [6, 6.07) is 14.4. The lowest BCUT2D eigenvalue weighted by molar-refractivity contribution is 0.414. The van der Waals surface area contributed by atoms with Crippen LogP contribution in [0.25, 0.3) is 22.3 Å². The topological polar surface area (TPSA) is 65.5 Å². The third-order valence-corrected chi connectivity index (χ3v) is 3.17. The van der Waals surface area contributed by atoms with E-state index >= 15 is 0 Å². The molecule has 0 aliphatic carbocycles. The Labute approximate surface area is 115 Å². The molecule has 2 aromatic carbocycles. The molecule has 3 rings (SSSR count). The molecule has 2 N–H and O–H groups in total. The number of fused-ring (bicyclic) bond motifs is 1. The maximum Gasteiger partial charge on any atom is 0.216 e. The Morgan fingerprint density at radius 3 is 2.55 bits per heavy atom. The van der Waals surface area contributed by atoms with Crippen molar-refractivity contribution < 1.29 is 9.15 Å². The Balaban J connectivity index is 2.34. The van der Waals surface area contributed by atoms with Crippen LogP contribution in [0.15, 0.2) is 57.7 Å². The van der Waals surface area contributed by atoms with E-state index < -0.39 is 0 Å². The quantitative estimate of drug-likeness (QED) is 0.775. The minimum atomic E-state index is -0.229. The summed E-state index contributed by atoms with van der Waals surface area (Å²) in [4.78, 5) is 12.3. The van der Waals surface area contributed by atoms with Gasteiger partial charge < -0.3 is 14.9 Å². The van der Waals surface area contributed by atoms with Crippen molar-refractivity contribution in [2.45, 2.75) is 0 Å². The maximum atomic E-state index is 12.3. The molecule has 4 nitrogen and oxygen atoms in total. The zero-order valence-corrected chi connectivity index (χ0v) is 10.9. The van der Waals surface area contributed by atoms with Gasteiger partial charge in [0.1, 0.15) is 17.0 Å². The predicted molar refractivity (Wildman–Crippen MR) is 78.9 cm³/mol. The van der Waals surface area contributed by atoms with Crippen LogP contribution < -0.4 is 15.9 Å². The number of anilines is 1. The molecule has 100 valence electrons. The van der Waals surface area contributed by atoms with Crippen molar-refractivity contribution in [1.82, 2.24) is 0 Å². The Kier molecular flexibility index (Phi) is 2.91. The van der Waals surface area contributed by atoms with Gasteiger partial charge in [-0.2, -0.15) is 0 Å². The highest BCUT2D eigenvalue weighted by Gasteiger charge is 2.13. The molecule has 20 heavy (non-hydrogen) atoms. The lowest BCUT2D eigenvalue weighted by Crippen LogP contribution is -2.10. The third kappa shape index (κ3) is 1.91. The van der Waals surface area contributed by atoms with Gasteiger partial charge in [-0.15, -0.1) is 0 Å². The number of hydrogen-bond donors (Lipinski definition) is 1. The zero-order chi connectivity index (χ0) is 14.1. The second kappa shape index (κ2) is 4.74. The van der Waals surface area contributed by atoms with Gasteiger partial charge in [0, 0.05) is 11.6 Å². The van der Waals surface area contributed by atoms with Gasteiger partial charge in [-0.1, -0.05) is 30.3 Å². The molecule has 0 saturated heterocycles. The van der Waals surface area contributed by atoms with Gasteiger partial charge >= 0.3 is 0 Å². The molecule has 0 unspecified atom stereocenters. The van der Waals surface area contributed by atoms with E-state index in [1.165, 1.54) is 0 Å². The Morgan fingerprint density at radius 2 is 1.85 bits per heavy atom. The van der Waals surface area contributed by atoms with Crippen LogP contribution in [0, 0.1) is 0 Å². The predicted octanol–water partition coefficient (Wildman–Crippen LogP) is 3.05. The van der Waals surface area contributed by atoms with Crippen LogP contribution in [-0.2, 0) is 0 Å². The molecule has 0 radical (unpaired) electrons. The summed E-state index contributed by atoms with van der Waals surface area (Å²) in [5.41, 5.74) is 7.03. The van der Waals surface area contributed by atoms with Gasteiger partial charge in [-0.3, -0.25) is 4.79 Å². The molecule has 0 fully saturated rings. The largest absolute Gasteiger partial charge is 0.497 e. The van der Waals surface area contributed by atoms with E-state index in [9.17, 15) is 4.79 Å². The molecule has 0 amide bonds. The second-order valence-corrected chi connectivity index (χ2v) is 4.40. The average molecular weight is 267 g/mol. The molecular weight excluding hydrogens is 254 g/mol. The molecule has 1 aromatic heterocycles. The van der Waals surface area contributed by atoms with E-state index in [1.807, 2.05) is 30.3 Å². The standard InChI is InChI=1S/C16H13NO3/c1-19-11-7-8-12-13(9-11)20-16(14(17)15(12)18)10-5-3-2-4-6-10/h2-9H,17H2,1H3. The first-order chi connectivity index (χ1) is 9.70. The fourth-order valence-corrected chi connectivity index (χ4v) is 2.12. The number of hydrogen-bond acceptors (Lipinski definition) is 4. The fraction of sp³-hybridized carbons (Fsp3) is 0.0625. The number of ether oxygens (including phenoxy) is 1. The van der Waals surface area contributed by atoms with Crippen molar-refractivity contribution in [3.05, 3.63) is 58.8 Å². The molecule has 0 saturated carbocycles. The van der Waals surface area contributed by atoms with Crippen molar-refractivity contribution in [2.24, 2.45) is 0 Å². The summed E-state index contributed by atoms with van der Waals surface area (Å²) in [7, 11) is 1.56. The summed E-state index contributed by atoms with van der Waals surface area (Å²) >= 11 is 0. The summed E-state index contributed by atoms with van der Waals surface area (Å²) in [6.45, 7) is 0. The van der Waals surface area contributed by atoms with Crippen LogP contribution in [-0.4, -0.2) is 7.11 Å². The summed E-state index contributed by atoms with van der Waals surface area (Å²) in [5.74, 6) is 1.01. The molecule has 0 aliphatic heterocycles. The molecule has 0 aliphatic rings. The average Bonchev–Trinajstić information content (AvgIpc) is 2.51. The van der Waals surface area contributed by atoms with Gasteiger partial charge in [0.2, 0.25) is 5.43 Å². The van der Waals surface area contributed by atoms with E-state index in [0.717, 1.165) is 5.56 Å². The van der Waals surface area contributed by atoms with Crippen molar-refractivity contribution >= 4 is 16.7 Å². The summed E-state index contributed by atoms with van der Waals surface area (Å²) in [5, 5.41) is 0.447. The van der Waals surface area contributed by atoms with E-state index in [-0.39, 0.29) is 11.1 Å². The highest BCUT2D eigenvalue weighted by atomic mass is 16.5. The van der Waals surface area contributed by atoms with Crippen molar-refractivity contribution in [3.63, 3.8) is 0 Å². The number of nitrogen functional groups attached to an aromatic ring is 1. The minimum absolute atomic E-state index is 0.119. The second-order valence-electron chi connectivity index (χ2n) is 4.40. The van der Waals surface area contributed by atoms with Crippen molar-refractivity contribution in [3.8, 4) is 17.1 Å². The summed E-state index contributed by atoms with van der Waals surface area (Å²) in [6.07, 6.45) is 0. The number of nitrogens with two attached hydrogens (primary N) is 1. The highest BCUT2D eigenvalue weighted by Crippen LogP contribution is 2.28. The van der Waals surface area contributed by atoms with Crippen LogP contribution in [0.5, 0.6) is 5.75 Å². The third-order valence-electron chi connectivity index (χ3n) is 3.17. The van der Waals surface area contributed by atoms with Crippen LogP contribution >= 0.6 is 0 Å². The maximum absolute atomic E-state index is 12.3. The Morgan fingerprint density at radius 1 is 1.10 bits per heavy atom. The van der Waals surface area contributed by atoms with Gasteiger partial charge in [0.15, 0.2) is 5.76 Å². The molecule has 1 heterocycles. The summed E-state index contributed by atoms with van der Waals surface area (Å²) < 4.78 is 10.9. The van der Waals surface area contributed by atoms with E-state index in [2.05, 4.69) is 0 Å². The monoisotopic (exact) mass is 267 g/mol. The first-order valence-electron chi connectivity index (χ1n) is 6.16. The number of methoxy groups -OCH3 is 1. The lowest BCUT2D eigenvalue weighted by Gasteiger charge is -2.07. The van der Waals surface area contributed by atoms with Gasteiger partial charge in [-0.05, 0) is 12.1 Å².